The zero-order valence-corrected chi connectivity index (χ0v) is 10.9. The van der Waals surface area contributed by atoms with Crippen LogP contribution in [0.4, 0.5) is 0 Å². The highest BCUT2D eigenvalue weighted by Gasteiger charge is 2.16. The third kappa shape index (κ3) is 5.48. The number of nitrogens with zero attached hydrogens (tertiary/aromatic N) is 1. The molecule has 1 aliphatic heterocycles. The van der Waals surface area contributed by atoms with Crippen LogP contribution in [0, 0.1) is 0 Å². The fourth-order valence-electron chi connectivity index (χ4n) is 1.88. The van der Waals surface area contributed by atoms with E-state index in [9.17, 15) is 4.79 Å². The molecule has 17 heavy (non-hydrogen) atoms. The molecule has 0 aromatic heterocycles. The number of carbonyl (C=O) groups is 1. The fraction of sp³-hybridized carbons (Fsp3) is 0.917. The van der Waals surface area contributed by atoms with Crippen molar-refractivity contribution < 1.29 is 14.3 Å². The van der Waals surface area contributed by atoms with Crippen LogP contribution in [0.5, 0.6) is 0 Å². The third-order valence-electron chi connectivity index (χ3n) is 3.00. The summed E-state index contributed by atoms with van der Waals surface area (Å²) in [5, 5.41) is 3.34. The molecule has 1 unspecified atom stereocenters. The summed E-state index contributed by atoms with van der Waals surface area (Å²) in [6.45, 7) is 6.32. The van der Waals surface area contributed by atoms with E-state index >= 15 is 0 Å². The van der Waals surface area contributed by atoms with Crippen molar-refractivity contribution in [3.05, 3.63) is 0 Å². The number of rotatable bonds is 7. The highest BCUT2D eigenvalue weighted by atomic mass is 16.5. The van der Waals surface area contributed by atoms with Gasteiger partial charge in [-0.2, -0.15) is 0 Å². The average molecular weight is 244 g/mol. The molecule has 0 radical (unpaired) electrons. The Labute approximate surface area is 103 Å². The van der Waals surface area contributed by atoms with Crippen LogP contribution >= 0.6 is 0 Å². The van der Waals surface area contributed by atoms with Gasteiger partial charge in [-0.25, -0.2) is 0 Å². The molecule has 1 aliphatic rings. The highest BCUT2D eigenvalue weighted by molar-refractivity contribution is 5.76. The maximum atomic E-state index is 11.8. The Hall–Kier alpha value is -0.650. The van der Waals surface area contributed by atoms with Crippen molar-refractivity contribution in [2.75, 3.05) is 46.6 Å². The Morgan fingerprint density at radius 2 is 2.18 bits per heavy atom. The lowest BCUT2D eigenvalue weighted by atomic mass is 10.2. The van der Waals surface area contributed by atoms with Gasteiger partial charge < -0.3 is 19.7 Å². The highest BCUT2D eigenvalue weighted by Crippen LogP contribution is 2.00. The second-order valence-electron chi connectivity index (χ2n) is 4.26. The molecule has 5 heteroatoms. The van der Waals surface area contributed by atoms with E-state index in [4.69, 9.17) is 9.47 Å². The Kier molecular flexibility index (Phi) is 7.16. The van der Waals surface area contributed by atoms with Crippen molar-refractivity contribution >= 4 is 5.91 Å². The minimum Gasteiger partial charge on any atom is -0.383 e. The van der Waals surface area contributed by atoms with Gasteiger partial charge in [0.25, 0.3) is 0 Å². The molecule has 100 valence electrons. The smallest absolute Gasteiger partial charge is 0.224 e. The Morgan fingerprint density at radius 1 is 1.47 bits per heavy atom. The second kappa shape index (κ2) is 8.44. The van der Waals surface area contributed by atoms with Gasteiger partial charge in [0.05, 0.1) is 19.8 Å². The maximum absolute atomic E-state index is 11.8. The van der Waals surface area contributed by atoms with Crippen molar-refractivity contribution in [1.82, 2.24) is 10.2 Å². The van der Waals surface area contributed by atoms with Gasteiger partial charge in [-0.1, -0.05) is 6.92 Å². The molecule has 0 saturated carbocycles. The van der Waals surface area contributed by atoms with Gasteiger partial charge in [-0.15, -0.1) is 0 Å². The van der Waals surface area contributed by atoms with Gasteiger partial charge in [0.15, 0.2) is 0 Å². The molecule has 1 amide bonds. The zero-order valence-electron chi connectivity index (χ0n) is 10.9. The van der Waals surface area contributed by atoms with Crippen LogP contribution in [-0.4, -0.2) is 63.4 Å². The minimum atomic E-state index is 0.216. The number of carbonyl (C=O) groups excluding carboxylic acids is 1. The lowest BCUT2D eigenvalue weighted by molar-refractivity contribution is -0.135. The maximum Gasteiger partial charge on any atom is 0.224 e. The van der Waals surface area contributed by atoms with Crippen LogP contribution in [0.3, 0.4) is 0 Å². The minimum absolute atomic E-state index is 0.216. The zero-order chi connectivity index (χ0) is 12.5. The summed E-state index contributed by atoms with van der Waals surface area (Å²) in [5.74, 6) is 0.216. The number of morpholine rings is 1. The van der Waals surface area contributed by atoms with Crippen LogP contribution in [0.15, 0.2) is 0 Å². The van der Waals surface area contributed by atoms with E-state index in [-0.39, 0.29) is 5.91 Å². The normalized spacial score (nSPS) is 18.1. The number of nitrogens with one attached hydrogen (secondary N) is 1. The van der Waals surface area contributed by atoms with Gasteiger partial charge in [0.1, 0.15) is 0 Å². The third-order valence-corrected chi connectivity index (χ3v) is 3.00. The molecule has 0 aliphatic carbocycles. The first-order valence-electron chi connectivity index (χ1n) is 6.35. The Balaban J connectivity index is 2.14. The van der Waals surface area contributed by atoms with Gasteiger partial charge in [-0.3, -0.25) is 4.79 Å². The predicted molar refractivity (Wildman–Crippen MR) is 66.0 cm³/mol. The molecule has 1 atom stereocenters. The number of methoxy groups -OCH3 is 1. The van der Waals surface area contributed by atoms with Gasteiger partial charge in [-0.05, 0) is 6.42 Å². The van der Waals surface area contributed by atoms with Crippen molar-refractivity contribution in [2.24, 2.45) is 0 Å². The number of amides is 1. The van der Waals surface area contributed by atoms with E-state index in [1.54, 1.807) is 7.11 Å². The van der Waals surface area contributed by atoms with Crippen molar-refractivity contribution in [2.45, 2.75) is 25.8 Å². The summed E-state index contributed by atoms with van der Waals surface area (Å²) in [4.78, 5) is 13.7. The largest absolute Gasteiger partial charge is 0.383 e. The Morgan fingerprint density at radius 3 is 2.76 bits per heavy atom. The molecular formula is C12H24N2O3. The molecule has 0 aromatic rings. The molecule has 0 aromatic carbocycles. The topological polar surface area (TPSA) is 50.8 Å². The summed E-state index contributed by atoms with van der Waals surface area (Å²) in [5.41, 5.74) is 0. The molecule has 0 bridgehead atoms. The van der Waals surface area contributed by atoms with E-state index in [1.165, 1.54) is 0 Å². The Bertz CT molecular complexity index is 218. The molecule has 5 nitrogen and oxygen atoms in total. The van der Waals surface area contributed by atoms with Crippen LogP contribution in [0.1, 0.15) is 19.8 Å². The quantitative estimate of drug-likeness (QED) is 0.697. The second-order valence-corrected chi connectivity index (χ2v) is 4.26. The first-order chi connectivity index (χ1) is 8.27. The standard InChI is InChI=1S/C12H24N2O3/c1-3-11(10-16-2)13-5-4-12(15)14-6-8-17-9-7-14/h11,13H,3-10H2,1-2H3. The van der Waals surface area contributed by atoms with Crippen molar-refractivity contribution in [3.8, 4) is 0 Å². The molecular weight excluding hydrogens is 220 g/mol. The van der Waals surface area contributed by atoms with E-state index in [0.29, 0.717) is 32.3 Å². The predicted octanol–water partition coefficient (Wildman–Crippen LogP) is 0.250. The van der Waals surface area contributed by atoms with Gasteiger partial charge in [0, 0.05) is 39.2 Å². The van der Waals surface area contributed by atoms with E-state index in [1.807, 2.05) is 4.90 Å². The van der Waals surface area contributed by atoms with Crippen molar-refractivity contribution in [1.29, 1.82) is 0 Å². The van der Waals surface area contributed by atoms with Crippen LogP contribution in [0.25, 0.3) is 0 Å². The lowest BCUT2D eigenvalue weighted by Gasteiger charge is -2.27. The number of hydrogen-bond donors (Lipinski definition) is 1. The molecule has 1 N–H and O–H groups in total. The summed E-state index contributed by atoms with van der Waals surface area (Å²) < 4.78 is 10.3. The molecule has 1 heterocycles. The first-order valence-corrected chi connectivity index (χ1v) is 6.35. The molecule has 0 spiro atoms. The monoisotopic (exact) mass is 244 g/mol. The summed E-state index contributed by atoms with van der Waals surface area (Å²) in [6.07, 6.45) is 1.57. The van der Waals surface area contributed by atoms with Crippen LogP contribution in [-0.2, 0) is 14.3 Å². The molecule has 1 saturated heterocycles. The van der Waals surface area contributed by atoms with Gasteiger partial charge in [0.2, 0.25) is 5.91 Å². The summed E-state index contributed by atoms with van der Waals surface area (Å²) in [7, 11) is 1.70. The lowest BCUT2D eigenvalue weighted by Crippen LogP contribution is -2.42. The van der Waals surface area contributed by atoms with Crippen molar-refractivity contribution in [3.63, 3.8) is 0 Å². The number of hydrogen-bond acceptors (Lipinski definition) is 4. The van der Waals surface area contributed by atoms with E-state index in [0.717, 1.165) is 26.1 Å². The summed E-state index contributed by atoms with van der Waals surface area (Å²) in [6, 6.07) is 0.345. The average Bonchev–Trinajstić information content (AvgIpc) is 2.38. The molecule has 1 rings (SSSR count). The van der Waals surface area contributed by atoms with Crippen LogP contribution < -0.4 is 5.32 Å². The first kappa shape index (κ1) is 14.4. The SMILES string of the molecule is CCC(COC)NCCC(=O)N1CCOCC1. The molecule has 1 fully saturated rings. The fourth-order valence-corrected chi connectivity index (χ4v) is 1.88. The van der Waals surface area contributed by atoms with E-state index in [2.05, 4.69) is 12.2 Å². The number of ether oxygens (including phenoxy) is 2. The van der Waals surface area contributed by atoms with E-state index < -0.39 is 0 Å². The van der Waals surface area contributed by atoms with Crippen LogP contribution in [0.2, 0.25) is 0 Å². The van der Waals surface area contributed by atoms with Gasteiger partial charge >= 0.3 is 0 Å². The summed E-state index contributed by atoms with van der Waals surface area (Å²) >= 11 is 0.